The minimum absolute atomic E-state index is 0.0103. The first-order valence-electron chi connectivity index (χ1n) is 7.79. The Morgan fingerprint density at radius 1 is 1.33 bits per heavy atom. The molecule has 3 nitrogen and oxygen atoms in total. The number of carbonyl (C=O) groups excluding carboxylic acids is 1. The second kappa shape index (κ2) is 6.55. The maximum Gasteiger partial charge on any atom is 0.258 e. The lowest BCUT2D eigenvalue weighted by molar-refractivity contribution is -0.124. The highest BCUT2D eigenvalue weighted by molar-refractivity contribution is 14.1. The molecule has 0 radical (unpaired) electrons. The number of amides is 1. The molecule has 2 aliphatic carbocycles. The Morgan fingerprint density at radius 3 is 2.71 bits per heavy atom. The van der Waals surface area contributed by atoms with Crippen molar-refractivity contribution >= 4 is 28.5 Å². The van der Waals surface area contributed by atoms with Gasteiger partial charge in [0.1, 0.15) is 5.75 Å². The smallest absolute Gasteiger partial charge is 0.258 e. The molecule has 2 fully saturated rings. The first kappa shape index (κ1) is 15.1. The van der Waals surface area contributed by atoms with Crippen LogP contribution < -0.4 is 10.1 Å². The molecule has 114 valence electrons. The Balaban J connectivity index is 1.44. The minimum atomic E-state index is -0.0103. The van der Waals surface area contributed by atoms with Crippen LogP contribution in [-0.2, 0) is 4.79 Å². The SMILES string of the molecule is CC(NC(=O)COc1ccc(I)cc1)C1CC2CCC1C2. The van der Waals surface area contributed by atoms with Gasteiger partial charge in [0.2, 0.25) is 0 Å². The zero-order valence-electron chi connectivity index (χ0n) is 12.3. The van der Waals surface area contributed by atoms with E-state index in [4.69, 9.17) is 4.74 Å². The topological polar surface area (TPSA) is 38.3 Å². The zero-order valence-corrected chi connectivity index (χ0v) is 14.5. The molecular formula is C17H22INO2. The van der Waals surface area contributed by atoms with Crippen LogP contribution in [0.25, 0.3) is 0 Å². The molecule has 4 heteroatoms. The van der Waals surface area contributed by atoms with Crippen molar-refractivity contribution < 1.29 is 9.53 Å². The summed E-state index contributed by atoms with van der Waals surface area (Å²) in [5, 5.41) is 3.12. The Morgan fingerprint density at radius 2 is 2.10 bits per heavy atom. The third-order valence-electron chi connectivity index (χ3n) is 5.01. The average molecular weight is 399 g/mol. The maximum absolute atomic E-state index is 12.0. The molecule has 4 unspecified atom stereocenters. The quantitative estimate of drug-likeness (QED) is 0.769. The van der Waals surface area contributed by atoms with Gasteiger partial charge in [-0.05, 0) is 90.8 Å². The zero-order chi connectivity index (χ0) is 14.8. The molecule has 21 heavy (non-hydrogen) atoms. The second-order valence-electron chi connectivity index (χ2n) is 6.44. The number of nitrogens with one attached hydrogen (secondary N) is 1. The van der Waals surface area contributed by atoms with Crippen LogP contribution in [0.2, 0.25) is 0 Å². The largest absolute Gasteiger partial charge is 0.484 e. The molecule has 0 saturated heterocycles. The monoisotopic (exact) mass is 399 g/mol. The highest BCUT2D eigenvalue weighted by Gasteiger charge is 2.42. The molecule has 0 aliphatic heterocycles. The highest BCUT2D eigenvalue weighted by Crippen LogP contribution is 2.49. The van der Waals surface area contributed by atoms with E-state index in [1.165, 1.54) is 25.7 Å². The average Bonchev–Trinajstić information content (AvgIpc) is 3.09. The van der Waals surface area contributed by atoms with E-state index in [0.29, 0.717) is 5.92 Å². The van der Waals surface area contributed by atoms with Gasteiger partial charge < -0.3 is 10.1 Å². The van der Waals surface area contributed by atoms with Crippen LogP contribution in [0.15, 0.2) is 24.3 Å². The van der Waals surface area contributed by atoms with Crippen molar-refractivity contribution in [1.29, 1.82) is 0 Å². The Hall–Kier alpha value is -0.780. The number of hydrogen-bond acceptors (Lipinski definition) is 2. The first-order valence-corrected chi connectivity index (χ1v) is 8.87. The van der Waals surface area contributed by atoms with Gasteiger partial charge in [0, 0.05) is 9.61 Å². The number of halogens is 1. The number of carbonyl (C=O) groups is 1. The standard InChI is InChI=1S/C17H22INO2/c1-11(16-9-12-2-3-13(16)8-12)19-17(20)10-21-15-6-4-14(18)5-7-15/h4-7,11-13,16H,2-3,8-10H2,1H3,(H,19,20). The lowest BCUT2D eigenvalue weighted by atomic mass is 9.84. The lowest BCUT2D eigenvalue weighted by Gasteiger charge is -2.28. The first-order chi connectivity index (χ1) is 10.1. The fraction of sp³-hybridized carbons (Fsp3) is 0.588. The molecule has 2 saturated carbocycles. The summed E-state index contributed by atoms with van der Waals surface area (Å²) in [5.74, 6) is 3.16. The molecule has 4 atom stereocenters. The molecule has 0 heterocycles. The molecule has 1 aromatic carbocycles. The Bertz CT molecular complexity index is 502. The predicted octanol–water partition coefficient (Wildman–Crippen LogP) is 3.61. The molecule has 1 amide bonds. The summed E-state index contributed by atoms with van der Waals surface area (Å²) in [7, 11) is 0. The van der Waals surface area contributed by atoms with E-state index in [0.717, 1.165) is 21.2 Å². The fourth-order valence-corrected chi connectivity index (χ4v) is 4.35. The maximum atomic E-state index is 12.0. The van der Waals surface area contributed by atoms with Gasteiger partial charge in [-0.2, -0.15) is 0 Å². The van der Waals surface area contributed by atoms with Gasteiger partial charge in [0.25, 0.3) is 5.91 Å². The van der Waals surface area contributed by atoms with Crippen molar-refractivity contribution in [3.8, 4) is 5.75 Å². The van der Waals surface area contributed by atoms with Crippen molar-refractivity contribution in [3.63, 3.8) is 0 Å². The van der Waals surface area contributed by atoms with Crippen LogP contribution in [-0.4, -0.2) is 18.6 Å². The van der Waals surface area contributed by atoms with Crippen LogP contribution in [0, 0.1) is 21.3 Å². The number of rotatable bonds is 5. The van der Waals surface area contributed by atoms with E-state index in [2.05, 4.69) is 34.8 Å². The van der Waals surface area contributed by atoms with Gasteiger partial charge in [0.05, 0.1) is 0 Å². The van der Waals surface area contributed by atoms with Gasteiger partial charge in [-0.15, -0.1) is 0 Å². The Kier molecular flexibility index (Phi) is 4.72. The number of ether oxygens (including phenoxy) is 1. The molecule has 1 N–H and O–H groups in total. The Labute approximate surface area is 140 Å². The molecule has 0 aromatic heterocycles. The fourth-order valence-electron chi connectivity index (χ4n) is 3.99. The van der Waals surface area contributed by atoms with Gasteiger partial charge in [-0.25, -0.2) is 0 Å². The summed E-state index contributed by atoms with van der Waals surface area (Å²) >= 11 is 2.25. The van der Waals surface area contributed by atoms with Gasteiger partial charge in [-0.1, -0.05) is 6.42 Å². The molecule has 2 aliphatic rings. The lowest BCUT2D eigenvalue weighted by Crippen LogP contribution is -2.42. The number of benzene rings is 1. The molecule has 3 rings (SSSR count). The molecule has 1 aromatic rings. The molecule has 0 spiro atoms. The number of fused-ring (bicyclic) bond motifs is 2. The van der Waals surface area contributed by atoms with Crippen molar-refractivity contribution in [3.05, 3.63) is 27.8 Å². The molecular weight excluding hydrogens is 377 g/mol. The minimum Gasteiger partial charge on any atom is -0.484 e. The summed E-state index contributed by atoms with van der Waals surface area (Å²) < 4.78 is 6.69. The van der Waals surface area contributed by atoms with E-state index >= 15 is 0 Å². The van der Waals surface area contributed by atoms with Crippen LogP contribution in [0.5, 0.6) is 5.75 Å². The summed E-state index contributed by atoms with van der Waals surface area (Å²) in [6.45, 7) is 2.25. The normalized spacial score (nSPS) is 28.4. The van der Waals surface area contributed by atoms with E-state index < -0.39 is 0 Å². The second-order valence-corrected chi connectivity index (χ2v) is 7.68. The van der Waals surface area contributed by atoms with Crippen LogP contribution in [0.1, 0.15) is 32.6 Å². The highest BCUT2D eigenvalue weighted by atomic mass is 127. The third kappa shape index (κ3) is 3.71. The summed E-state index contributed by atoms with van der Waals surface area (Å²) in [4.78, 5) is 12.0. The van der Waals surface area contributed by atoms with Crippen molar-refractivity contribution in [1.82, 2.24) is 5.32 Å². The third-order valence-corrected chi connectivity index (χ3v) is 5.73. The van der Waals surface area contributed by atoms with E-state index in [1.807, 2.05) is 24.3 Å². The van der Waals surface area contributed by atoms with Crippen LogP contribution >= 0.6 is 22.6 Å². The van der Waals surface area contributed by atoms with E-state index in [9.17, 15) is 4.79 Å². The number of hydrogen-bond donors (Lipinski definition) is 1. The predicted molar refractivity (Wildman–Crippen MR) is 91.2 cm³/mol. The van der Waals surface area contributed by atoms with Gasteiger partial charge >= 0.3 is 0 Å². The van der Waals surface area contributed by atoms with E-state index in [-0.39, 0.29) is 18.6 Å². The van der Waals surface area contributed by atoms with Gasteiger partial charge in [0.15, 0.2) is 6.61 Å². The van der Waals surface area contributed by atoms with E-state index in [1.54, 1.807) is 0 Å². The van der Waals surface area contributed by atoms with Crippen LogP contribution in [0.4, 0.5) is 0 Å². The summed E-state index contributed by atoms with van der Waals surface area (Å²) in [6, 6.07) is 8.02. The summed E-state index contributed by atoms with van der Waals surface area (Å²) in [6.07, 6.45) is 5.43. The van der Waals surface area contributed by atoms with Crippen molar-refractivity contribution in [2.75, 3.05) is 6.61 Å². The summed E-state index contributed by atoms with van der Waals surface area (Å²) in [5.41, 5.74) is 0. The van der Waals surface area contributed by atoms with Gasteiger partial charge in [-0.3, -0.25) is 4.79 Å². The van der Waals surface area contributed by atoms with Crippen LogP contribution in [0.3, 0.4) is 0 Å². The van der Waals surface area contributed by atoms with Crippen molar-refractivity contribution in [2.24, 2.45) is 17.8 Å². The van der Waals surface area contributed by atoms with Crippen molar-refractivity contribution in [2.45, 2.75) is 38.6 Å². The molecule has 2 bridgehead atoms.